The fraction of sp³-hybridized carbons (Fsp3) is 0.923. The predicted molar refractivity (Wildman–Crippen MR) is 73.1 cm³/mol. The van der Waals surface area contributed by atoms with Crippen LogP contribution in [0.25, 0.3) is 0 Å². The van der Waals surface area contributed by atoms with E-state index in [1.807, 2.05) is 11.8 Å². The van der Waals surface area contributed by atoms with Gasteiger partial charge in [-0.3, -0.25) is 4.99 Å². The third-order valence-electron chi connectivity index (χ3n) is 3.77. The first-order valence-corrected chi connectivity index (χ1v) is 7.75. The lowest BCUT2D eigenvalue weighted by atomic mass is 9.83. The minimum absolute atomic E-state index is 0.511. The summed E-state index contributed by atoms with van der Waals surface area (Å²) in [5, 5.41) is 4.88. The third kappa shape index (κ3) is 3.16. The Morgan fingerprint density at radius 3 is 2.69 bits per heavy atom. The highest BCUT2D eigenvalue weighted by molar-refractivity contribution is 8.14. The molecule has 2 nitrogen and oxygen atoms in total. The molecule has 0 bridgehead atoms. The highest BCUT2D eigenvalue weighted by Gasteiger charge is 2.24. The Kier molecular flexibility index (Phi) is 4.56. The maximum atomic E-state index is 4.64. The zero-order valence-electron chi connectivity index (χ0n) is 10.5. The highest BCUT2D eigenvalue weighted by atomic mass is 32.2. The molecule has 1 heterocycles. The van der Waals surface area contributed by atoms with Crippen LogP contribution in [0.1, 0.15) is 52.4 Å². The molecule has 2 unspecified atom stereocenters. The van der Waals surface area contributed by atoms with Gasteiger partial charge in [0.25, 0.3) is 0 Å². The average molecular weight is 240 g/mol. The van der Waals surface area contributed by atoms with Gasteiger partial charge in [-0.05, 0) is 32.1 Å². The minimum atomic E-state index is 0.511. The predicted octanol–water partition coefficient (Wildman–Crippen LogP) is 3.43. The standard InChI is InChI=1S/C13H24N2S/c1-3-12(11-7-5-4-6-8-11)15-13-14-10(2)9-16-13/h10-12H,3-9H2,1-2H3,(H,14,15). The van der Waals surface area contributed by atoms with Gasteiger partial charge in [-0.15, -0.1) is 0 Å². The summed E-state index contributed by atoms with van der Waals surface area (Å²) in [6.07, 6.45) is 8.37. The number of aliphatic imine (C=N–C) groups is 1. The third-order valence-corrected chi connectivity index (χ3v) is 4.91. The van der Waals surface area contributed by atoms with E-state index < -0.39 is 0 Å². The van der Waals surface area contributed by atoms with E-state index in [0.717, 1.165) is 11.7 Å². The van der Waals surface area contributed by atoms with E-state index in [2.05, 4.69) is 24.2 Å². The number of hydrogen-bond acceptors (Lipinski definition) is 3. The molecule has 1 aliphatic heterocycles. The molecular formula is C13H24N2S. The number of thioether (sulfide) groups is 1. The molecule has 1 N–H and O–H groups in total. The molecule has 0 amide bonds. The van der Waals surface area contributed by atoms with Gasteiger partial charge in [0, 0.05) is 11.8 Å². The first kappa shape index (κ1) is 12.3. The van der Waals surface area contributed by atoms with Gasteiger partial charge in [-0.25, -0.2) is 0 Å². The second-order valence-corrected chi connectivity index (χ2v) is 6.16. The number of rotatable bonds is 3. The van der Waals surface area contributed by atoms with Crippen LogP contribution in [-0.2, 0) is 0 Å². The fourth-order valence-corrected chi connectivity index (χ4v) is 3.76. The van der Waals surface area contributed by atoms with Gasteiger partial charge in [0.1, 0.15) is 0 Å². The summed E-state index contributed by atoms with van der Waals surface area (Å²) in [7, 11) is 0. The summed E-state index contributed by atoms with van der Waals surface area (Å²) in [5.74, 6) is 2.04. The fourth-order valence-electron chi connectivity index (χ4n) is 2.80. The van der Waals surface area contributed by atoms with Crippen LogP contribution in [0.3, 0.4) is 0 Å². The lowest BCUT2D eigenvalue weighted by molar-refractivity contribution is 0.284. The first-order valence-electron chi connectivity index (χ1n) is 6.76. The molecule has 2 rings (SSSR count). The molecule has 1 aliphatic carbocycles. The van der Waals surface area contributed by atoms with Crippen molar-refractivity contribution in [2.75, 3.05) is 5.75 Å². The van der Waals surface area contributed by atoms with E-state index in [1.165, 1.54) is 43.7 Å². The van der Waals surface area contributed by atoms with Crippen molar-refractivity contribution in [2.24, 2.45) is 10.9 Å². The van der Waals surface area contributed by atoms with Gasteiger partial charge in [0.05, 0.1) is 6.04 Å². The van der Waals surface area contributed by atoms with E-state index in [1.54, 1.807) is 0 Å². The van der Waals surface area contributed by atoms with E-state index >= 15 is 0 Å². The van der Waals surface area contributed by atoms with Gasteiger partial charge >= 0.3 is 0 Å². The van der Waals surface area contributed by atoms with Crippen LogP contribution in [-0.4, -0.2) is 23.0 Å². The Labute approximate surface area is 104 Å². The molecule has 0 aromatic heterocycles. The van der Waals surface area contributed by atoms with Gasteiger partial charge in [0.2, 0.25) is 0 Å². The molecule has 2 atom stereocenters. The van der Waals surface area contributed by atoms with Gasteiger partial charge in [0.15, 0.2) is 5.17 Å². The first-order chi connectivity index (χ1) is 7.79. The molecule has 16 heavy (non-hydrogen) atoms. The SMILES string of the molecule is CCC(NC1=NC(C)CS1)C1CCCCC1. The van der Waals surface area contributed by atoms with E-state index in [4.69, 9.17) is 0 Å². The lowest BCUT2D eigenvalue weighted by Gasteiger charge is -2.30. The van der Waals surface area contributed by atoms with Crippen molar-refractivity contribution in [1.29, 1.82) is 0 Å². The summed E-state index contributed by atoms with van der Waals surface area (Å²) in [4.78, 5) is 4.64. The highest BCUT2D eigenvalue weighted by Crippen LogP contribution is 2.28. The quantitative estimate of drug-likeness (QED) is 0.817. The zero-order valence-corrected chi connectivity index (χ0v) is 11.4. The Hall–Kier alpha value is -0.180. The monoisotopic (exact) mass is 240 g/mol. The van der Waals surface area contributed by atoms with Crippen molar-refractivity contribution in [3.8, 4) is 0 Å². The molecular weight excluding hydrogens is 216 g/mol. The second kappa shape index (κ2) is 5.95. The van der Waals surface area contributed by atoms with Crippen LogP contribution in [0, 0.1) is 5.92 Å². The Bertz CT molecular complexity index is 246. The summed E-state index contributed by atoms with van der Waals surface area (Å²) < 4.78 is 0. The maximum absolute atomic E-state index is 4.64. The molecule has 92 valence electrons. The second-order valence-electron chi connectivity index (χ2n) is 5.15. The van der Waals surface area contributed by atoms with Crippen LogP contribution in [0.4, 0.5) is 0 Å². The number of hydrogen-bond donors (Lipinski definition) is 1. The molecule has 1 fully saturated rings. The Morgan fingerprint density at radius 1 is 1.38 bits per heavy atom. The summed E-state index contributed by atoms with van der Waals surface area (Å²) in [6, 6.07) is 1.17. The molecule has 2 aliphatic rings. The molecule has 0 radical (unpaired) electrons. The van der Waals surface area contributed by atoms with Gasteiger partial charge in [-0.1, -0.05) is 37.9 Å². The molecule has 3 heteroatoms. The van der Waals surface area contributed by atoms with E-state index in [0.29, 0.717) is 12.1 Å². The Morgan fingerprint density at radius 2 is 2.12 bits per heavy atom. The van der Waals surface area contributed by atoms with Crippen LogP contribution in [0.2, 0.25) is 0 Å². The van der Waals surface area contributed by atoms with Crippen molar-refractivity contribution in [3.63, 3.8) is 0 Å². The molecule has 0 saturated heterocycles. The molecule has 1 saturated carbocycles. The summed E-state index contributed by atoms with van der Waals surface area (Å²) in [6.45, 7) is 4.50. The normalized spacial score (nSPS) is 28.9. The van der Waals surface area contributed by atoms with Gasteiger partial charge < -0.3 is 5.32 Å². The van der Waals surface area contributed by atoms with Crippen molar-refractivity contribution in [3.05, 3.63) is 0 Å². The van der Waals surface area contributed by atoms with E-state index in [9.17, 15) is 0 Å². The van der Waals surface area contributed by atoms with Gasteiger partial charge in [-0.2, -0.15) is 0 Å². The largest absolute Gasteiger partial charge is 0.362 e. The minimum Gasteiger partial charge on any atom is -0.362 e. The lowest BCUT2D eigenvalue weighted by Crippen LogP contribution is -2.39. The van der Waals surface area contributed by atoms with Crippen LogP contribution >= 0.6 is 11.8 Å². The summed E-state index contributed by atoms with van der Waals surface area (Å²) in [5.41, 5.74) is 0. The molecule has 0 spiro atoms. The topological polar surface area (TPSA) is 24.4 Å². The van der Waals surface area contributed by atoms with Crippen LogP contribution in [0.15, 0.2) is 4.99 Å². The van der Waals surface area contributed by atoms with Crippen molar-refractivity contribution in [2.45, 2.75) is 64.5 Å². The van der Waals surface area contributed by atoms with Crippen molar-refractivity contribution >= 4 is 16.9 Å². The number of amidine groups is 1. The van der Waals surface area contributed by atoms with Crippen LogP contribution < -0.4 is 5.32 Å². The maximum Gasteiger partial charge on any atom is 0.157 e. The van der Waals surface area contributed by atoms with Crippen molar-refractivity contribution < 1.29 is 0 Å². The smallest absolute Gasteiger partial charge is 0.157 e. The molecule has 0 aromatic rings. The zero-order chi connectivity index (χ0) is 11.4. The Balaban J connectivity index is 1.87. The van der Waals surface area contributed by atoms with Crippen molar-refractivity contribution in [1.82, 2.24) is 5.32 Å². The van der Waals surface area contributed by atoms with Crippen LogP contribution in [0.5, 0.6) is 0 Å². The average Bonchev–Trinajstić information content (AvgIpc) is 2.73. The summed E-state index contributed by atoms with van der Waals surface area (Å²) >= 11 is 1.90. The molecule has 0 aromatic carbocycles. The number of nitrogens with one attached hydrogen (secondary N) is 1. The number of nitrogens with zero attached hydrogens (tertiary/aromatic N) is 1. The van der Waals surface area contributed by atoms with E-state index in [-0.39, 0.29) is 0 Å².